The van der Waals surface area contributed by atoms with Gasteiger partial charge in [-0.05, 0) is 32.8 Å². The Kier molecular flexibility index (Phi) is 6.34. The Labute approximate surface area is 143 Å². The number of carbonyl (C=O) groups is 1. The predicted octanol–water partition coefficient (Wildman–Crippen LogP) is 2.24. The van der Waals surface area contributed by atoms with E-state index in [9.17, 15) is 17.6 Å². The largest absolute Gasteiger partial charge is 0.343 e. The minimum Gasteiger partial charge on any atom is -0.343 e. The summed E-state index contributed by atoms with van der Waals surface area (Å²) in [6.45, 7) is 5.84. The van der Waals surface area contributed by atoms with Crippen LogP contribution in [0.1, 0.15) is 32.3 Å². The Morgan fingerprint density at radius 2 is 1.79 bits per heavy atom. The zero-order valence-corrected chi connectivity index (χ0v) is 15.1. The molecule has 1 aromatic carbocycles. The van der Waals surface area contributed by atoms with E-state index in [0.717, 1.165) is 0 Å². The molecule has 1 heterocycles. The molecule has 0 saturated carbocycles. The summed E-state index contributed by atoms with van der Waals surface area (Å²) in [4.78, 5) is 14.1. The van der Waals surface area contributed by atoms with Gasteiger partial charge in [0.25, 0.3) is 0 Å². The second-order valence-electron chi connectivity index (χ2n) is 6.03. The van der Waals surface area contributed by atoms with E-state index in [0.29, 0.717) is 39.0 Å². The number of hydrogen-bond donors (Lipinski definition) is 0. The van der Waals surface area contributed by atoms with Gasteiger partial charge in [0.15, 0.2) is 0 Å². The molecule has 1 saturated heterocycles. The first kappa shape index (κ1) is 18.9. The third-order valence-electron chi connectivity index (χ3n) is 4.57. The molecule has 0 aliphatic carbocycles. The Bertz CT molecular complexity index is 666. The van der Waals surface area contributed by atoms with Crippen LogP contribution in [0.25, 0.3) is 0 Å². The number of sulfonamides is 1. The van der Waals surface area contributed by atoms with E-state index in [1.54, 1.807) is 11.0 Å². The number of piperidine rings is 1. The lowest BCUT2D eigenvalue weighted by Gasteiger charge is -2.33. The Hall–Kier alpha value is -1.47. The van der Waals surface area contributed by atoms with E-state index in [2.05, 4.69) is 0 Å². The van der Waals surface area contributed by atoms with Crippen LogP contribution in [0.4, 0.5) is 4.39 Å². The van der Waals surface area contributed by atoms with E-state index >= 15 is 0 Å². The molecule has 1 aliphatic rings. The van der Waals surface area contributed by atoms with Crippen molar-refractivity contribution < 1.29 is 17.6 Å². The predicted molar refractivity (Wildman–Crippen MR) is 91.2 cm³/mol. The third-order valence-corrected chi connectivity index (χ3v) is 6.40. The molecule has 0 aromatic heterocycles. The van der Waals surface area contributed by atoms with Crippen molar-refractivity contribution in [2.45, 2.75) is 32.4 Å². The first-order valence-electron chi connectivity index (χ1n) is 8.39. The van der Waals surface area contributed by atoms with Gasteiger partial charge < -0.3 is 4.90 Å². The number of rotatable bonds is 6. The van der Waals surface area contributed by atoms with Gasteiger partial charge in [0.2, 0.25) is 15.9 Å². The quantitative estimate of drug-likeness (QED) is 0.785. The molecule has 0 atom stereocenters. The Morgan fingerprint density at radius 1 is 1.21 bits per heavy atom. The third kappa shape index (κ3) is 4.33. The van der Waals surface area contributed by atoms with Crippen LogP contribution in [0.5, 0.6) is 0 Å². The molecule has 0 N–H and O–H groups in total. The molecule has 0 bridgehead atoms. The van der Waals surface area contributed by atoms with Crippen LogP contribution >= 0.6 is 0 Å². The van der Waals surface area contributed by atoms with Crippen molar-refractivity contribution >= 4 is 15.9 Å². The molecular weight excluding hydrogens is 331 g/mol. The first-order valence-corrected chi connectivity index (χ1v) is 10.00. The number of hydrogen-bond acceptors (Lipinski definition) is 3. The Morgan fingerprint density at radius 3 is 2.33 bits per heavy atom. The van der Waals surface area contributed by atoms with Gasteiger partial charge in [-0.2, -0.15) is 0 Å². The fourth-order valence-electron chi connectivity index (χ4n) is 3.08. The second kappa shape index (κ2) is 8.07. The van der Waals surface area contributed by atoms with Crippen molar-refractivity contribution in [2.75, 3.05) is 26.2 Å². The van der Waals surface area contributed by atoms with Crippen molar-refractivity contribution in [1.82, 2.24) is 9.21 Å². The van der Waals surface area contributed by atoms with Gasteiger partial charge in [0.1, 0.15) is 5.82 Å². The van der Waals surface area contributed by atoms with Gasteiger partial charge in [0.05, 0.1) is 5.75 Å². The number of amides is 1. The maximum Gasteiger partial charge on any atom is 0.225 e. The SMILES string of the molecule is CCN(CC)C(=O)C1CCN(S(=O)(=O)Cc2ccccc2F)CC1. The maximum atomic E-state index is 13.7. The average molecular weight is 356 g/mol. The van der Waals surface area contributed by atoms with Crippen LogP contribution < -0.4 is 0 Å². The smallest absolute Gasteiger partial charge is 0.225 e. The summed E-state index contributed by atoms with van der Waals surface area (Å²) in [5.74, 6) is -0.863. The molecule has 1 amide bonds. The highest BCUT2D eigenvalue weighted by atomic mass is 32.2. The van der Waals surface area contributed by atoms with E-state index < -0.39 is 15.8 Å². The van der Waals surface area contributed by atoms with Crippen LogP contribution in [-0.2, 0) is 20.6 Å². The standard InChI is InChI=1S/C17H25FN2O3S/c1-3-19(4-2)17(21)14-9-11-20(12-10-14)24(22,23)13-15-7-5-6-8-16(15)18/h5-8,14H,3-4,9-13H2,1-2H3. The average Bonchev–Trinajstić information content (AvgIpc) is 2.58. The molecule has 1 fully saturated rings. The van der Waals surface area contributed by atoms with Crippen molar-refractivity contribution in [3.05, 3.63) is 35.6 Å². The van der Waals surface area contributed by atoms with Crippen molar-refractivity contribution in [2.24, 2.45) is 5.92 Å². The van der Waals surface area contributed by atoms with Gasteiger partial charge in [-0.15, -0.1) is 0 Å². The van der Waals surface area contributed by atoms with Gasteiger partial charge >= 0.3 is 0 Å². The second-order valence-corrected chi connectivity index (χ2v) is 8.00. The Balaban J connectivity index is 1.98. The molecule has 0 unspecified atom stereocenters. The molecule has 0 radical (unpaired) electrons. The molecule has 7 heteroatoms. The van der Waals surface area contributed by atoms with Gasteiger partial charge in [0, 0.05) is 37.7 Å². The number of benzene rings is 1. The van der Waals surface area contributed by atoms with Crippen molar-refractivity contribution in [1.29, 1.82) is 0 Å². The van der Waals surface area contributed by atoms with Crippen LogP contribution in [0.2, 0.25) is 0 Å². The highest BCUT2D eigenvalue weighted by Gasteiger charge is 2.32. The van der Waals surface area contributed by atoms with E-state index in [1.165, 1.54) is 22.5 Å². The summed E-state index contributed by atoms with van der Waals surface area (Å²) in [6.07, 6.45) is 1.04. The molecule has 134 valence electrons. The minimum absolute atomic E-state index is 0.103. The molecule has 0 spiro atoms. The zero-order chi connectivity index (χ0) is 17.7. The highest BCUT2D eigenvalue weighted by molar-refractivity contribution is 7.88. The van der Waals surface area contributed by atoms with Gasteiger partial charge in [-0.25, -0.2) is 17.1 Å². The van der Waals surface area contributed by atoms with E-state index in [4.69, 9.17) is 0 Å². The minimum atomic E-state index is -3.57. The number of halogens is 1. The van der Waals surface area contributed by atoms with Gasteiger partial charge in [-0.1, -0.05) is 18.2 Å². The highest BCUT2D eigenvalue weighted by Crippen LogP contribution is 2.23. The summed E-state index contributed by atoms with van der Waals surface area (Å²) < 4.78 is 40.1. The van der Waals surface area contributed by atoms with Crippen molar-refractivity contribution in [3.63, 3.8) is 0 Å². The topological polar surface area (TPSA) is 57.7 Å². The monoisotopic (exact) mass is 356 g/mol. The zero-order valence-electron chi connectivity index (χ0n) is 14.2. The molecular formula is C17H25FN2O3S. The van der Waals surface area contributed by atoms with Crippen LogP contribution in [0.15, 0.2) is 24.3 Å². The van der Waals surface area contributed by atoms with E-state index in [1.807, 2.05) is 13.8 Å². The van der Waals surface area contributed by atoms with Crippen LogP contribution in [0.3, 0.4) is 0 Å². The molecule has 24 heavy (non-hydrogen) atoms. The summed E-state index contributed by atoms with van der Waals surface area (Å²) in [6, 6.07) is 5.92. The van der Waals surface area contributed by atoms with Crippen LogP contribution in [0, 0.1) is 11.7 Å². The molecule has 1 aliphatic heterocycles. The fraction of sp³-hybridized carbons (Fsp3) is 0.588. The van der Waals surface area contributed by atoms with Gasteiger partial charge in [-0.3, -0.25) is 4.79 Å². The van der Waals surface area contributed by atoms with Crippen molar-refractivity contribution in [3.8, 4) is 0 Å². The molecule has 2 rings (SSSR count). The normalized spacial score (nSPS) is 17.0. The lowest BCUT2D eigenvalue weighted by atomic mass is 9.96. The lowest BCUT2D eigenvalue weighted by Crippen LogP contribution is -2.44. The maximum absolute atomic E-state index is 13.7. The van der Waals surface area contributed by atoms with Crippen LogP contribution in [-0.4, -0.2) is 49.7 Å². The molecule has 1 aromatic rings. The summed E-state index contributed by atoms with van der Waals surface area (Å²) in [7, 11) is -3.57. The summed E-state index contributed by atoms with van der Waals surface area (Å²) in [5, 5.41) is 0. The lowest BCUT2D eigenvalue weighted by molar-refractivity contribution is -0.136. The van der Waals surface area contributed by atoms with E-state index in [-0.39, 0.29) is 23.1 Å². The fourth-order valence-corrected chi connectivity index (χ4v) is 4.65. The number of carbonyl (C=O) groups excluding carboxylic acids is 1. The summed E-state index contributed by atoms with van der Waals surface area (Å²) >= 11 is 0. The summed E-state index contributed by atoms with van der Waals surface area (Å²) in [5.41, 5.74) is 0.179. The number of nitrogens with zero attached hydrogens (tertiary/aromatic N) is 2. The molecule has 5 nitrogen and oxygen atoms in total. The first-order chi connectivity index (χ1) is 11.4.